The zero-order valence-corrected chi connectivity index (χ0v) is 13.2. The molecule has 0 N–H and O–H groups in total. The summed E-state index contributed by atoms with van der Waals surface area (Å²) in [5, 5.41) is 0. The van der Waals surface area contributed by atoms with E-state index in [1.807, 2.05) is 0 Å². The lowest BCUT2D eigenvalue weighted by molar-refractivity contribution is 0.0784. The summed E-state index contributed by atoms with van der Waals surface area (Å²) in [7, 11) is 1.80. The zero-order valence-electron chi connectivity index (χ0n) is 11.6. The maximum absolute atomic E-state index is 12.3. The molecule has 1 aromatic carbocycles. The van der Waals surface area contributed by atoms with E-state index in [2.05, 4.69) is 52.1 Å². The van der Waals surface area contributed by atoms with E-state index in [1.165, 1.54) is 5.56 Å². The van der Waals surface area contributed by atoms with E-state index < -0.39 is 0 Å². The quantitative estimate of drug-likeness (QED) is 0.800. The number of aryl methyl sites for hydroxylation is 1. The van der Waals surface area contributed by atoms with Crippen molar-refractivity contribution in [1.29, 1.82) is 0 Å². The smallest absolute Gasteiger partial charge is 0.255 e. The van der Waals surface area contributed by atoms with Gasteiger partial charge >= 0.3 is 0 Å². The first-order valence-electron chi connectivity index (χ1n) is 6.55. The Labute approximate surface area is 127 Å². The number of carbonyl (C=O) groups is 1. The minimum Gasteiger partial charge on any atom is -0.337 e. The van der Waals surface area contributed by atoms with Crippen molar-refractivity contribution in [3.05, 3.63) is 63.9 Å². The van der Waals surface area contributed by atoms with Gasteiger partial charge in [-0.05, 0) is 45.6 Å². The summed E-state index contributed by atoms with van der Waals surface area (Å²) in [6, 6.07) is 11.9. The highest BCUT2D eigenvalue weighted by atomic mass is 79.9. The second kappa shape index (κ2) is 6.66. The second-order valence-corrected chi connectivity index (χ2v) is 5.51. The molecule has 1 heterocycles. The highest BCUT2D eigenvalue weighted by molar-refractivity contribution is 9.10. The van der Waals surface area contributed by atoms with Crippen LogP contribution in [-0.2, 0) is 13.0 Å². The van der Waals surface area contributed by atoms with E-state index in [-0.39, 0.29) is 5.91 Å². The molecule has 4 heteroatoms. The number of nitrogens with zero attached hydrogens (tertiary/aromatic N) is 2. The Hall–Kier alpha value is -1.68. The van der Waals surface area contributed by atoms with Crippen LogP contribution in [0.15, 0.2) is 47.2 Å². The normalized spacial score (nSPS) is 10.3. The van der Waals surface area contributed by atoms with Crippen molar-refractivity contribution in [2.75, 3.05) is 7.05 Å². The van der Waals surface area contributed by atoms with Gasteiger partial charge < -0.3 is 4.90 Å². The summed E-state index contributed by atoms with van der Waals surface area (Å²) in [5.41, 5.74) is 3.03. The molecule has 0 saturated carbocycles. The van der Waals surface area contributed by atoms with Crippen LogP contribution < -0.4 is 0 Å². The fourth-order valence-corrected chi connectivity index (χ4v) is 2.18. The molecule has 0 aliphatic heterocycles. The molecule has 0 radical (unpaired) electrons. The molecule has 0 bridgehead atoms. The molecule has 0 aliphatic rings. The van der Waals surface area contributed by atoms with Gasteiger partial charge in [-0.15, -0.1) is 0 Å². The first-order valence-corrected chi connectivity index (χ1v) is 7.34. The summed E-state index contributed by atoms with van der Waals surface area (Å²) < 4.78 is 0.729. The lowest BCUT2D eigenvalue weighted by atomic mass is 10.1. The average molecular weight is 333 g/mol. The molecule has 104 valence electrons. The Bertz CT molecular complexity index is 578. The minimum atomic E-state index is -0.0235. The van der Waals surface area contributed by atoms with Gasteiger partial charge in [-0.25, -0.2) is 4.98 Å². The molecule has 0 fully saturated rings. The first kappa shape index (κ1) is 14.7. The fourth-order valence-electron chi connectivity index (χ4n) is 1.95. The number of benzene rings is 1. The van der Waals surface area contributed by atoms with Gasteiger partial charge in [0.2, 0.25) is 0 Å². The second-order valence-electron chi connectivity index (χ2n) is 4.70. The molecule has 0 unspecified atom stereocenters. The number of carbonyl (C=O) groups excluding carboxylic acids is 1. The number of pyridine rings is 1. The molecular weight excluding hydrogens is 316 g/mol. The molecule has 0 spiro atoms. The van der Waals surface area contributed by atoms with Crippen LogP contribution in [0.25, 0.3) is 0 Å². The third-order valence-electron chi connectivity index (χ3n) is 3.17. The summed E-state index contributed by atoms with van der Waals surface area (Å²) in [6.45, 7) is 2.73. The SMILES string of the molecule is CCc1ccc(CN(C)C(=O)c2ccc(Br)nc2)cc1. The van der Waals surface area contributed by atoms with Crippen LogP contribution >= 0.6 is 15.9 Å². The maximum atomic E-state index is 12.3. The number of rotatable bonds is 4. The fraction of sp³-hybridized carbons (Fsp3) is 0.250. The van der Waals surface area contributed by atoms with Crippen molar-refractivity contribution in [3.8, 4) is 0 Å². The van der Waals surface area contributed by atoms with Gasteiger partial charge in [0, 0.05) is 19.8 Å². The first-order chi connectivity index (χ1) is 9.60. The molecular formula is C16H17BrN2O. The summed E-state index contributed by atoms with van der Waals surface area (Å²) in [5.74, 6) is -0.0235. The van der Waals surface area contributed by atoms with Gasteiger partial charge in [-0.1, -0.05) is 31.2 Å². The number of hydrogen-bond acceptors (Lipinski definition) is 2. The third kappa shape index (κ3) is 3.67. The number of aromatic nitrogens is 1. The van der Waals surface area contributed by atoms with Gasteiger partial charge in [0.1, 0.15) is 4.60 Å². The van der Waals surface area contributed by atoms with Crippen molar-refractivity contribution < 1.29 is 4.79 Å². The molecule has 3 nitrogen and oxygen atoms in total. The van der Waals surface area contributed by atoms with E-state index in [4.69, 9.17) is 0 Å². The minimum absolute atomic E-state index is 0.0235. The molecule has 0 aliphatic carbocycles. The van der Waals surface area contributed by atoms with Gasteiger partial charge in [0.15, 0.2) is 0 Å². The van der Waals surface area contributed by atoms with Gasteiger partial charge in [0.25, 0.3) is 5.91 Å². The van der Waals surface area contributed by atoms with Crippen LogP contribution in [0.4, 0.5) is 0 Å². The van der Waals surface area contributed by atoms with E-state index in [1.54, 1.807) is 30.3 Å². The predicted octanol–water partition coefficient (Wildman–Crippen LogP) is 3.68. The number of halogens is 1. The van der Waals surface area contributed by atoms with E-state index in [9.17, 15) is 4.79 Å². The van der Waals surface area contributed by atoms with Crippen molar-refractivity contribution in [1.82, 2.24) is 9.88 Å². The number of hydrogen-bond donors (Lipinski definition) is 0. The van der Waals surface area contributed by atoms with Crippen molar-refractivity contribution in [3.63, 3.8) is 0 Å². The maximum Gasteiger partial charge on any atom is 0.255 e. The van der Waals surface area contributed by atoms with Crippen LogP contribution in [0.3, 0.4) is 0 Å². The van der Waals surface area contributed by atoms with Crippen LogP contribution in [0.5, 0.6) is 0 Å². The molecule has 20 heavy (non-hydrogen) atoms. The molecule has 1 amide bonds. The Kier molecular flexibility index (Phi) is 4.90. The standard InChI is InChI=1S/C16H17BrN2O/c1-3-12-4-6-13(7-5-12)11-19(2)16(20)14-8-9-15(17)18-10-14/h4-10H,3,11H2,1-2H3. The Morgan fingerprint density at radius 2 is 1.80 bits per heavy atom. The van der Waals surface area contributed by atoms with Crippen LogP contribution in [0.1, 0.15) is 28.4 Å². The molecule has 0 saturated heterocycles. The van der Waals surface area contributed by atoms with Crippen LogP contribution in [-0.4, -0.2) is 22.8 Å². The third-order valence-corrected chi connectivity index (χ3v) is 3.64. The molecule has 2 rings (SSSR count). The van der Waals surface area contributed by atoms with Crippen LogP contribution in [0.2, 0.25) is 0 Å². The Morgan fingerprint density at radius 3 is 2.35 bits per heavy atom. The summed E-state index contributed by atoms with van der Waals surface area (Å²) in [6.07, 6.45) is 2.61. The highest BCUT2D eigenvalue weighted by Crippen LogP contribution is 2.11. The molecule has 2 aromatic rings. The van der Waals surface area contributed by atoms with Crippen molar-refractivity contribution in [2.45, 2.75) is 19.9 Å². The van der Waals surface area contributed by atoms with E-state index in [0.29, 0.717) is 12.1 Å². The summed E-state index contributed by atoms with van der Waals surface area (Å²) in [4.78, 5) is 18.0. The molecule has 1 aromatic heterocycles. The highest BCUT2D eigenvalue weighted by Gasteiger charge is 2.12. The van der Waals surface area contributed by atoms with Crippen LogP contribution in [0, 0.1) is 0 Å². The summed E-state index contributed by atoms with van der Waals surface area (Å²) >= 11 is 3.26. The largest absolute Gasteiger partial charge is 0.337 e. The van der Waals surface area contributed by atoms with E-state index in [0.717, 1.165) is 16.6 Å². The van der Waals surface area contributed by atoms with Gasteiger partial charge in [-0.2, -0.15) is 0 Å². The van der Waals surface area contributed by atoms with Crippen molar-refractivity contribution >= 4 is 21.8 Å². The molecule has 0 atom stereocenters. The monoisotopic (exact) mass is 332 g/mol. The van der Waals surface area contributed by atoms with E-state index >= 15 is 0 Å². The Morgan fingerprint density at radius 1 is 1.15 bits per heavy atom. The topological polar surface area (TPSA) is 33.2 Å². The zero-order chi connectivity index (χ0) is 14.5. The lowest BCUT2D eigenvalue weighted by Crippen LogP contribution is -2.26. The average Bonchev–Trinajstić information content (AvgIpc) is 2.48. The van der Waals surface area contributed by atoms with Crippen molar-refractivity contribution in [2.24, 2.45) is 0 Å². The Balaban J connectivity index is 2.04. The lowest BCUT2D eigenvalue weighted by Gasteiger charge is -2.17. The number of amides is 1. The predicted molar refractivity (Wildman–Crippen MR) is 83.6 cm³/mol. The van der Waals surface area contributed by atoms with Gasteiger partial charge in [0.05, 0.1) is 5.56 Å². The van der Waals surface area contributed by atoms with Gasteiger partial charge in [-0.3, -0.25) is 4.79 Å².